The van der Waals surface area contributed by atoms with Crippen molar-refractivity contribution in [3.05, 3.63) is 23.9 Å². The van der Waals surface area contributed by atoms with Gasteiger partial charge < -0.3 is 9.72 Å². The predicted molar refractivity (Wildman–Crippen MR) is 69.5 cm³/mol. The number of rotatable bonds is 4. The number of H-pyrrole nitrogens is 1. The van der Waals surface area contributed by atoms with Crippen molar-refractivity contribution in [3.8, 4) is 0 Å². The molecule has 19 heavy (non-hydrogen) atoms. The van der Waals surface area contributed by atoms with Gasteiger partial charge in [-0.05, 0) is 25.1 Å². The van der Waals surface area contributed by atoms with Crippen LogP contribution in [0.1, 0.15) is 12.1 Å². The van der Waals surface area contributed by atoms with Gasteiger partial charge in [-0.3, -0.25) is 4.79 Å². The largest absolute Gasteiger partial charge is 0.469 e. The minimum Gasteiger partial charge on any atom is -0.469 e. The summed E-state index contributed by atoms with van der Waals surface area (Å²) in [6.45, 7) is 1.87. The second kappa shape index (κ2) is 5.00. The van der Waals surface area contributed by atoms with E-state index in [-0.39, 0.29) is 17.2 Å². The molecule has 2 aromatic heterocycles. The average molecular weight is 282 g/mol. The van der Waals surface area contributed by atoms with Gasteiger partial charge in [0, 0.05) is 5.69 Å². The number of esters is 1. The predicted octanol–water partition coefficient (Wildman–Crippen LogP) is 1.21. The molecular formula is C12H14N2O4S. The van der Waals surface area contributed by atoms with E-state index in [9.17, 15) is 13.2 Å². The lowest BCUT2D eigenvalue weighted by atomic mass is 10.4. The molecule has 0 aliphatic carbocycles. The molecule has 0 unspecified atom stereocenters. The summed E-state index contributed by atoms with van der Waals surface area (Å²) in [4.78, 5) is 18.2. The van der Waals surface area contributed by atoms with Gasteiger partial charge in [0.2, 0.25) is 0 Å². The van der Waals surface area contributed by atoms with E-state index in [1.165, 1.54) is 13.2 Å². The highest BCUT2D eigenvalue weighted by atomic mass is 32.2. The Labute approximate surface area is 110 Å². The van der Waals surface area contributed by atoms with Crippen LogP contribution in [0.25, 0.3) is 11.0 Å². The van der Waals surface area contributed by atoms with Gasteiger partial charge in [0.15, 0.2) is 14.9 Å². The standard InChI is InChI=1S/C12H14N2O4S/c1-8-7-10-9(13-8)3-4-11(14-10)19(16,17)6-5-12(15)18-2/h3-4,7,13H,5-6H2,1-2H3. The first kappa shape index (κ1) is 13.5. The number of hydrogen-bond acceptors (Lipinski definition) is 5. The van der Waals surface area contributed by atoms with Crippen molar-refractivity contribution in [2.45, 2.75) is 18.4 Å². The first-order valence-corrected chi connectivity index (χ1v) is 7.33. The Morgan fingerprint density at radius 3 is 2.84 bits per heavy atom. The zero-order valence-electron chi connectivity index (χ0n) is 10.6. The normalized spacial score (nSPS) is 11.7. The summed E-state index contributed by atoms with van der Waals surface area (Å²) in [5.41, 5.74) is 2.28. The number of ether oxygens (including phenoxy) is 1. The summed E-state index contributed by atoms with van der Waals surface area (Å²) in [5, 5.41) is -0.0251. The molecule has 2 aromatic rings. The lowest BCUT2D eigenvalue weighted by Gasteiger charge is -2.03. The zero-order chi connectivity index (χ0) is 14.0. The van der Waals surface area contributed by atoms with Gasteiger partial charge in [0.05, 0.1) is 30.3 Å². The molecule has 0 saturated carbocycles. The Hall–Kier alpha value is -1.89. The maximum atomic E-state index is 12.0. The number of carbonyl (C=O) groups is 1. The van der Waals surface area contributed by atoms with E-state index in [0.717, 1.165) is 11.2 Å². The molecule has 2 rings (SSSR count). The fourth-order valence-electron chi connectivity index (χ4n) is 1.72. The Kier molecular flexibility index (Phi) is 3.57. The Bertz CT molecular complexity index is 718. The summed E-state index contributed by atoms with van der Waals surface area (Å²) < 4.78 is 28.5. The summed E-state index contributed by atoms with van der Waals surface area (Å²) in [6.07, 6.45) is -0.176. The number of fused-ring (bicyclic) bond motifs is 1. The number of pyridine rings is 1. The van der Waals surface area contributed by atoms with Crippen LogP contribution in [0.4, 0.5) is 0 Å². The number of nitrogens with one attached hydrogen (secondary N) is 1. The Morgan fingerprint density at radius 1 is 1.42 bits per heavy atom. The molecule has 0 atom stereocenters. The van der Waals surface area contributed by atoms with E-state index >= 15 is 0 Å². The third-order valence-corrected chi connectivity index (χ3v) is 4.31. The van der Waals surface area contributed by atoms with Crippen molar-refractivity contribution in [2.24, 2.45) is 0 Å². The molecule has 0 fully saturated rings. The topological polar surface area (TPSA) is 89.1 Å². The van der Waals surface area contributed by atoms with E-state index in [0.29, 0.717) is 5.52 Å². The molecule has 7 heteroatoms. The van der Waals surface area contributed by atoms with Gasteiger partial charge in [-0.15, -0.1) is 0 Å². The van der Waals surface area contributed by atoms with Crippen molar-refractivity contribution < 1.29 is 17.9 Å². The van der Waals surface area contributed by atoms with E-state index in [1.54, 1.807) is 12.1 Å². The van der Waals surface area contributed by atoms with Crippen LogP contribution in [0.2, 0.25) is 0 Å². The van der Waals surface area contributed by atoms with Gasteiger partial charge in [-0.2, -0.15) is 0 Å². The lowest BCUT2D eigenvalue weighted by Crippen LogP contribution is -2.13. The number of methoxy groups -OCH3 is 1. The molecule has 0 aromatic carbocycles. The van der Waals surface area contributed by atoms with Crippen molar-refractivity contribution in [1.29, 1.82) is 0 Å². The smallest absolute Gasteiger partial charge is 0.306 e. The number of aromatic nitrogens is 2. The second-order valence-corrected chi connectivity index (χ2v) is 6.24. The van der Waals surface area contributed by atoms with Crippen molar-refractivity contribution >= 4 is 26.8 Å². The molecular weight excluding hydrogens is 268 g/mol. The molecule has 0 spiro atoms. The average Bonchev–Trinajstić information content (AvgIpc) is 2.74. The van der Waals surface area contributed by atoms with Gasteiger partial charge in [0.1, 0.15) is 0 Å². The summed E-state index contributed by atoms with van der Waals surface area (Å²) in [7, 11) is -2.35. The number of aromatic amines is 1. The van der Waals surface area contributed by atoms with E-state index in [4.69, 9.17) is 0 Å². The highest BCUT2D eigenvalue weighted by molar-refractivity contribution is 7.91. The molecule has 0 bridgehead atoms. The number of aryl methyl sites for hydroxylation is 1. The highest BCUT2D eigenvalue weighted by Gasteiger charge is 2.18. The van der Waals surface area contributed by atoms with Gasteiger partial charge >= 0.3 is 5.97 Å². The van der Waals surface area contributed by atoms with Crippen molar-refractivity contribution in [3.63, 3.8) is 0 Å². The summed E-state index contributed by atoms with van der Waals surface area (Å²) >= 11 is 0. The van der Waals surface area contributed by atoms with Crippen LogP contribution in [0, 0.1) is 6.92 Å². The SMILES string of the molecule is COC(=O)CCS(=O)(=O)c1ccc2[nH]c(C)cc2n1. The molecule has 6 nitrogen and oxygen atoms in total. The first-order valence-electron chi connectivity index (χ1n) is 5.68. The summed E-state index contributed by atoms with van der Waals surface area (Å²) in [5.74, 6) is -0.858. The highest BCUT2D eigenvalue weighted by Crippen LogP contribution is 2.17. The third-order valence-electron chi connectivity index (χ3n) is 2.71. The van der Waals surface area contributed by atoms with E-state index in [2.05, 4.69) is 14.7 Å². The van der Waals surface area contributed by atoms with Crippen molar-refractivity contribution in [1.82, 2.24) is 9.97 Å². The second-order valence-electron chi connectivity index (χ2n) is 4.18. The molecule has 1 N–H and O–H groups in total. The monoisotopic (exact) mass is 282 g/mol. The fraction of sp³-hybridized carbons (Fsp3) is 0.333. The van der Waals surface area contributed by atoms with Crippen LogP contribution in [-0.4, -0.2) is 37.2 Å². The van der Waals surface area contributed by atoms with Crippen molar-refractivity contribution in [2.75, 3.05) is 12.9 Å². The molecule has 0 saturated heterocycles. The van der Waals surface area contributed by atoms with Crippen LogP contribution < -0.4 is 0 Å². The molecule has 2 heterocycles. The minimum absolute atomic E-state index is 0.0251. The van der Waals surface area contributed by atoms with E-state index in [1.807, 2.05) is 6.92 Å². The molecule has 0 aliphatic rings. The quantitative estimate of drug-likeness (QED) is 0.851. The zero-order valence-corrected chi connectivity index (χ0v) is 11.5. The van der Waals surface area contributed by atoms with Crippen LogP contribution in [-0.2, 0) is 19.4 Å². The van der Waals surface area contributed by atoms with Gasteiger partial charge in [0.25, 0.3) is 0 Å². The van der Waals surface area contributed by atoms with Crippen LogP contribution >= 0.6 is 0 Å². The van der Waals surface area contributed by atoms with Crippen LogP contribution in [0.15, 0.2) is 23.2 Å². The number of carbonyl (C=O) groups excluding carboxylic acids is 1. The Morgan fingerprint density at radius 2 is 2.16 bits per heavy atom. The first-order chi connectivity index (χ1) is 8.92. The number of sulfone groups is 1. The summed E-state index contributed by atoms with van der Waals surface area (Å²) in [6, 6.07) is 4.87. The van der Waals surface area contributed by atoms with Gasteiger partial charge in [-0.25, -0.2) is 13.4 Å². The molecule has 0 radical (unpaired) electrons. The maximum Gasteiger partial charge on any atom is 0.306 e. The molecule has 0 amide bonds. The minimum atomic E-state index is -3.57. The molecule has 102 valence electrons. The molecule has 0 aliphatic heterocycles. The Balaban J connectivity index is 2.29. The third kappa shape index (κ3) is 2.93. The van der Waals surface area contributed by atoms with E-state index < -0.39 is 15.8 Å². The lowest BCUT2D eigenvalue weighted by molar-refractivity contribution is -0.140. The number of nitrogens with zero attached hydrogens (tertiary/aromatic N) is 1. The fourth-order valence-corrected chi connectivity index (χ4v) is 2.88. The van der Waals surface area contributed by atoms with Crippen LogP contribution in [0.5, 0.6) is 0 Å². The van der Waals surface area contributed by atoms with Gasteiger partial charge in [-0.1, -0.05) is 0 Å². The maximum absolute atomic E-state index is 12.0. The van der Waals surface area contributed by atoms with Crippen LogP contribution in [0.3, 0.4) is 0 Å². The number of hydrogen-bond donors (Lipinski definition) is 1.